The van der Waals surface area contributed by atoms with Gasteiger partial charge in [0.2, 0.25) is 5.43 Å². The summed E-state index contributed by atoms with van der Waals surface area (Å²) in [5.41, 5.74) is 0.968. The minimum atomic E-state index is -4.73. The molecule has 0 aliphatic carbocycles. The number of carbonyl (C=O) groups is 1. The van der Waals surface area contributed by atoms with Crippen molar-refractivity contribution < 1.29 is 23.1 Å². The monoisotopic (exact) mass is 535 g/mol. The number of alkyl halides is 3. The van der Waals surface area contributed by atoms with Gasteiger partial charge >= 0.3 is 6.18 Å². The second-order valence-electron chi connectivity index (χ2n) is 8.74. The van der Waals surface area contributed by atoms with Crippen LogP contribution in [0, 0.1) is 0 Å². The van der Waals surface area contributed by atoms with Crippen LogP contribution in [0.15, 0.2) is 64.4 Å². The van der Waals surface area contributed by atoms with Crippen LogP contribution in [0.3, 0.4) is 0 Å². The van der Waals surface area contributed by atoms with E-state index in [0.717, 1.165) is 29.0 Å². The largest absolute Gasteiger partial charge is 0.502 e. The van der Waals surface area contributed by atoms with Gasteiger partial charge in [0.05, 0.1) is 0 Å². The van der Waals surface area contributed by atoms with Crippen molar-refractivity contribution in [3.63, 3.8) is 0 Å². The summed E-state index contributed by atoms with van der Waals surface area (Å²) in [4.78, 5) is 27.0. The maximum absolute atomic E-state index is 13.8. The summed E-state index contributed by atoms with van der Waals surface area (Å²) in [6.07, 6.45) is -3.43. The van der Waals surface area contributed by atoms with Gasteiger partial charge in [-0.05, 0) is 37.1 Å². The number of aromatic hydroxyl groups is 1. The molecule has 188 valence electrons. The van der Waals surface area contributed by atoms with E-state index in [-0.39, 0.29) is 5.25 Å². The molecule has 2 aliphatic heterocycles. The number of pyridine rings is 1. The number of rotatable bonds is 2. The molecule has 0 bridgehead atoms. The minimum absolute atomic E-state index is 0.0247. The zero-order chi connectivity index (χ0) is 25.9. The maximum atomic E-state index is 13.8. The highest BCUT2D eigenvalue weighted by molar-refractivity contribution is 7.99. The van der Waals surface area contributed by atoms with Crippen LogP contribution < -0.4 is 10.4 Å². The van der Waals surface area contributed by atoms with E-state index in [9.17, 15) is 27.9 Å². The molecule has 36 heavy (non-hydrogen) atoms. The molecule has 3 atom stereocenters. The molecule has 0 unspecified atom stereocenters. The first-order valence-electron chi connectivity index (χ1n) is 11.1. The van der Waals surface area contributed by atoms with E-state index >= 15 is 0 Å². The Hall–Kier alpha value is -3.11. The van der Waals surface area contributed by atoms with E-state index in [1.165, 1.54) is 10.9 Å². The Morgan fingerprint density at radius 2 is 1.78 bits per heavy atom. The van der Waals surface area contributed by atoms with E-state index in [2.05, 4.69) is 0 Å². The van der Waals surface area contributed by atoms with Crippen molar-refractivity contribution in [2.75, 3.05) is 11.7 Å². The minimum Gasteiger partial charge on any atom is -0.502 e. The Bertz CT molecular complexity index is 1430. The van der Waals surface area contributed by atoms with E-state index < -0.39 is 47.7 Å². The lowest BCUT2D eigenvalue weighted by atomic mass is 9.92. The third-order valence-electron chi connectivity index (χ3n) is 6.65. The summed E-state index contributed by atoms with van der Waals surface area (Å²) >= 11 is 8.34. The van der Waals surface area contributed by atoms with E-state index in [1.807, 2.05) is 43.3 Å². The number of thioether (sulfide) groups is 1. The summed E-state index contributed by atoms with van der Waals surface area (Å²) in [6.45, 7) is 2.44. The highest BCUT2D eigenvalue weighted by Crippen LogP contribution is 2.50. The molecule has 3 aromatic rings. The maximum Gasteiger partial charge on any atom is 0.408 e. The highest BCUT2D eigenvalue weighted by atomic mass is 35.5. The molecule has 2 aromatic carbocycles. The van der Waals surface area contributed by atoms with Crippen molar-refractivity contribution in [3.05, 3.63) is 92.4 Å². The number of halogens is 4. The zero-order valence-electron chi connectivity index (χ0n) is 19.2. The van der Waals surface area contributed by atoms with Gasteiger partial charge in [-0.3, -0.25) is 19.3 Å². The molecule has 0 fully saturated rings. The summed E-state index contributed by atoms with van der Waals surface area (Å²) in [6, 6.07) is 11.1. The van der Waals surface area contributed by atoms with Crippen LogP contribution in [0.1, 0.15) is 52.3 Å². The Balaban J connectivity index is 1.82. The van der Waals surface area contributed by atoms with Crippen LogP contribution >= 0.6 is 23.4 Å². The van der Waals surface area contributed by atoms with Crippen molar-refractivity contribution in [2.45, 2.75) is 42.3 Å². The van der Waals surface area contributed by atoms with E-state index in [0.29, 0.717) is 15.5 Å². The quantitative estimate of drug-likeness (QED) is 0.472. The van der Waals surface area contributed by atoms with Crippen LogP contribution in [0.25, 0.3) is 0 Å². The van der Waals surface area contributed by atoms with Gasteiger partial charge in [-0.25, -0.2) is 0 Å². The first kappa shape index (κ1) is 24.6. The standard InChI is InChI=1S/C25H21ClF3N3O3S/c1-13-15-7-5-8-17(26)20(15)21(16-6-3-4-9-19(16)36-13)32-12-30(14(2)25(27,28)29)24(35)22-23(34)18(33)10-11-31(22)32/h3-11,13-14,21,34H,12H2,1-2H3/t13-,14-,21+/m1/s1. The Kier molecular flexibility index (Phi) is 5.99. The average molecular weight is 536 g/mol. The van der Waals surface area contributed by atoms with E-state index in [1.54, 1.807) is 22.8 Å². The van der Waals surface area contributed by atoms with Crippen molar-refractivity contribution in [1.82, 2.24) is 9.58 Å². The lowest BCUT2D eigenvalue weighted by molar-refractivity contribution is -0.173. The summed E-state index contributed by atoms with van der Waals surface area (Å²) in [5, 5.41) is 12.5. The van der Waals surface area contributed by atoms with E-state index in [4.69, 9.17) is 11.6 Å². The lowest BCUT2D eigenvalue weighted by Crippen LogP contribution is -2.60. The number of carbonyl (C=O) groups excluding carboxylic acids is 1. The molecule has 5 rings (SSSR count). The number of amides is 1. The van der Waals surface area contributed by atoms with Gasteiger partial charge < -0.3 is 10.0 Å². The number of aromatic nitrogens is 1. The predicted molar refractivity (Wildman–Crippen MR) is 131 cm³/mol. The lowest BCUT2D eigenvalue weighted by Gasteiger charge is -2.46. The molecule has 11 heteroatoms. The first-order chi connectivity index (χ1) is 17.0. The van der Waals surface area contributed by atoms with Crippen LogP contribution in [-0.4, -0.2) is 39.5 Å². The Morgan fingerprint density at radius 1 is 1.08 bits per heavy atom. The first-order valence-corrected chi connectivity index (χ1v) is 12.4. The molecule has 1 aromatic heterocycles. The van der Waals surface area contributed by atoms with Crippen molar-refractivity contribution in [1.29, 1.82) is 0 Å². The topological polar surface area (TPSA) is 65.8 Å². The molecule has 6 nitrogen and oxygen atoms in total. The molecule has 1 amide bonds. The molecule has 0 radical (unpaired) electrons. The molecular formula is C25H21ClF3N3O3S. The molecule has 1 N–H and O–H groups in total. The van der Waals surface area contributed by atoms with Gasteiger partial charge in [-0.1, -0.05) is 41.9 Å². The fourth-order valence-corrected chi connectivity index (χ4v) is 6.24. The van der Waals surface area contributed by atoms with Gasteiger partial charge in [0.15, 0.2) is 11.4 Å². The van der Waals surface area contributed by atoms with Crippen molar-refractivity contribution >= 4 is 29.3 Å². The number of fused-ring (bicyclic) bond motifs is 3. The van der Waals surface area contributed by atoms with Gasteiger partial charge in [0.25, 0.3) is 5.91 Å². The van der Waals surface area contributed by atoms with Gasteiger partial charge in [-0.2, -0.15) is 13.2 Å². The highest BCUT2D eigenvalue weighted by Gasteiger charge is 2.48. The number of benzene rings is 2. The van der Waals surface area contributed by atoms with Crippen LogP contribution in [0.2, 0.25) is 5.02 Å². The fraction of sp³-hybridized carbons (Fsp3) is 0.280. The second-order valence-corrected chi connectivity index (χ2v) is 10.5. The number of hydrogen-bond acceptors (Lipinski definition) is 5. The number of nitrogens with zero attached hydrogens (tertiary/aromatic N) is 3. The number of hydrogen-bond donors (Lipinski definition) is 1. The fourth-order valence-electron chi connectivity index (χ4n) is 4.77. The van der Waals surface area contributed by atoms with Gasteiger partial charge in [-0.15, -0.1) is 11.8 Å². The van der Waals surface area contributed by atoms with Crippen LogP contribution in [0.5, 0.6) is 5.75 Å². The molecule has 2 aliphatic rings. The SMILES string of the molecule is C[C@H]1Sc2ccccc2[C@H](N2CN([C@H](C)C(F)(F)F)C(=O)c3c(O)c(=O)ccn32)c2c(Cl)cccc21. The third-order valence-corrected chi connectivity index (χ3v) is 8.21. The molecule has 0 saturated carbocycles. The predicted octanol–water partition coefficient (Wildman–Crippen LogP) is 5.47. The van der Waals surface area contributed by atoms with Gasteiger partial charge in [0, 0.05) is 33.0 Å². The third kappa shape index (κ3) is 3.83. The smallest absolute Gasteiger partial charge is 0.408 e. The molecule has 0 spiro atoms. The van der Waals surface area contributed by atoms with Gasteiger partial charge in [0.1, 0.15) is 18.8 Å². The molecular weight excluding hydrogens is 515 g/mol. The Morgan fingerprint density at radius 3 is 2.50 bits per heavy atom. The van der Waals surface area contributed by atoms with Crippen molar-refractivity contribution in [3.8, 4) is 5.75 Å². The summed E-state index contributed by atoms with van der Waals surface area (Å²) < 4.78 is 42.7. The Labute approximate surface area is 213 Å². The summed E-state index contributed by atoms with van der Waals surface area (Å²) in [5.74, 6) is -1.99. The molecule has 0 saturated heterocycles. The van der Waals surface area contributed by atoms with Crippen molar-refractivity contribution in [2.24, 2.45) is 0 Å². The summed E-state index contributed by atoms with van der Waals surface area (Å²) in [7, 11) is 0. The normalized spacial score (nSPS) is 20.3. The zero-order valence-corrected chi connectivity index (χ0v) is 20.7. The van der Waals surface area contributed by atoms with Crippen LogP contribution in [0.4, 0.5) is 13.2 Å². The van der Waals surface area contributed by atoms with Crippen LogP contribution in [-0.2, 0) is 0 Å². The average Bonchev–Trinajstić information content (AvgIpc) is 2.95. The molecule has 3 heterocycles. The second kappa shape index (κ2) is 8.77.